The second-order valence-electron chi connectivity index (χ2n) is 5.83. The molecule has 0 spiro atoms. The van der Waals surface area contributed by atoms with Gasteiger partial charge in [0, 0.05) is 36.0 Å². The zero-order valence-electron chi connectivity index (χ0n) is 14.0. The molecule has 1 N–H and O–H groups in total. The van der Waals surface area contributed by atoms with Crippen LogP contribution in [-0.4, -0.2) is 25.3 Å². The van der Waals surface area contributed by atoms with Crippen LogP contribution in [0.5, 0.6) is 0 Å². The van der Waals surface area contributed by atoms with Crippen molar-refractivity contribution in [2.75, 3.05) is 0 Å². The van der Waals surface area contributed by atoms with Gasteiger partial charge in [-0.15, -0.1) is 11.3 Å². The molecule has 0 aliphatic heterocycles. The van der Waals surface area contributed by atoms with Crippen molar-refractivity contribution >= 4 is 22.8 Å². The van der Waals surface area contributed by atoms with Crippen molar-refractivity contribution in [3.63, 3.8) is 0 Å². The number of hydrogen-bond acceptors (Lipinski definition) is 5. The lowest BCUT2D eigenvalue weighted by atomic mass is 10.2. The van der Waals surface area contributed by atoms with E-state index < -0.39 is 0 Å². The molecule has 7 heteroatoms. The van der Waals surface area contributed by atoms with Crippen LogP contribution in [-0.2, 0) is 17.8 Å². The highest BCUT2D eigenvalue weighted by Gasteiger charge is 2.09. The van der Waals surface area contributed by atoms with Crippen LogP contribution in [0.25, 0.3) is 16.1 Å². The third-order valence-electron chi connectivity index (χ3n) is 4.03. The number of nitrogens with one attached hydrogen (secondary N) is 1. The number of carbonyl (C=O) groups excluding carboxylic acids is 1. The fourth-order valence-electron chi connectivity index (χ4n) is 2.68. The number of imidazole rings is 1. The van der Waals surface area contributed by atoms with Crippen molar-refractivity contribution in [3.05, 3.63) is 72.0 Å². The third kappa shape index (κ3) is 3.62. The van der Waals surface area contributed by atoms with Gasteiger partial charge < -0.3 is 9.72 Å². The summed E-state index contributed by atoms with van der Waals surface area (Å²) in [5.74, 6) is 0.815. The molecule has 0 atom stereocenters. The number of aromatic nitrogens is 4. The van der Waals surface area contributed by atoms with E-state index in [1.54, 1.807) is 29.9 Å². The second-order valence-corrected chi connectivity index (χ2v) is 6.69. The van der Waals surface area contributed by atoms with Gasteiger partial charge in [-0.1, -0.05) is 6.07 Å². The van der Waals surface area contributed by atoms with E-state index in [0.29, 0.717) is 19.4 Å². The van der Waals surface area contributed by atoms with Gasteiger partial charge in [-0.05, 0) is 30.7 Å². The highest BCUT2D eigenvalue weighted by molar-refractivity contribution is 7.13. The second kappa shape index (κ2) is 7.45. The number of aryl methyl sites for hydroxylation is 1. The van der Waals surface area contributed by atoms with Crippen LogP contribution in [0.4, 0.5) is 0 Å². The summed E-state index contributed by atoms with van der Waals surface area (Å²) >= 11 is 1.57. The number of thiazole rings is 1. The molecule has 0 aliphatic rings. The van der Waals surface area contributed by atoms with Crippen molar-refractivity contribution in [1.29, 1.82) is 0 Å². The predicted molar refractivity (Wildman–Crippen MR) is 101 cm³/mol. The van der Waals surface area contributed by atoms with Gasteiger partial charge in [0.05, 0.1) is 24.0 Å². The Morgan fingerprint density at radius 1 is 1.19 bits per heavy atom. The zero-order valence-corrected chi connectivity index (χ0v) is 14.8. The largest absolute Gasteiger partial charge is 0.349 e. The Kier molecular flexibility index (Phi) is 4.70. The van der Waals surface area contributed by atoms with Crippen LogP contribution in [0.1, 0.15) is 17.9 Å². The Labute approximate surface area is 154 Å². The Balaban J connectivity index is 1.31. The fraction of sp³-hybridized carbons (Fsp3) is 0.158. The van der Waals surface area contributed by atoms with Gasteiger partial charge in [-0.25, -0.2) is 9.97 Å². The molecule has 26 heavy (non-hydrogen) atoms. The van der Waals surface area contributed by atoms with Crippen LogP contribution in [0, 0.1) is 0 Å². The average Bonchev–Trinajstić information content (AvgIpc) is 3.33. The summed E-state index contributed by atoms with van der Waals surface area (Å²) in [5.41, 5.74) is 2.94. The molecule has 4 aromatic rings. The summed E-state index contributed by atoms with van der Waals surface area (Å²) in [4.78, 5) is 25.2. The third-order valence-corrected chi connectivity index (χ3v) is 4.97. The van der Waals surface area contributed by atoms with E-state index in [0.717, 1.165) is 27.6 Å². The molecule has 4 rings (SSSR count). The van der Waals surface area contributed by atoms with Crippen LogP contribution in [0.2, 0.25) is 0 Å². The molecule has 0 saturated carbocycles. The molecule has 4 aromatic heterocycles. The Hall–Kier alpha value is -3.06. The Bertz CT molecular complexity index is 1020. The molecule has 0 bridgehead atoms. The first-order valence-corrected chi connectivity index (χ1v) is 9.20. The van der Waals surface area contributed by atoms with Crippen molar-refractivity contribution in [2.24, 2.45) is 0 Å². The summed E-state index contributed by atoms with van der Waals surface area (Å²) in [6, 6.07) is 9.77. The Morgan fingerprint density at radius 3 is 3.04 bits per heavy atom. The van der Waals surface area contributed by atoms with E-state index in [1.807, 2.05) is 46.3 Å². The first-order chi connectivity index (χ1) is 12.8. The number of pyridine rings is 2. The van der Waals surface area contributed by atoms with E-state index in [2.05, 4.69) is 20.3 Å². The minimum atomic E-state index is -0.00592. The summed E-state index contributed by atoms with van der Waals surface area (Å²) in [6.45, 7) is 0.412. The molecule has 1 amide bonds. The number of fused-ring (bicyclic) bond motifs is 1. The maximum absolute atomic E-state index is 12.1. The minimum absolute atomic E-state index is 0.00592. The lowest BCUT2D eigenvalue weighted by Crippen LogP contribution is -2.24. The van der Waals surface area contributed by atoms with Gasteiger partial charge in [0.25, 0.3) is 0 Å². The first-order valence-electron chi connectivity index (χ1n) is 8.32. The van der Waals surface area contributed by atoms with Crippen molar-refractivity contribution in [3.8, 4) is 10.6 Å². The fourth-order valence-corrected chi connectivity index (χ4v) is 3.53. The minimum Gasteiger partial charge on any atom is -0.349 e. The van der Waals surface area contributed by atoms with E-state index in [4.69, 9.17) is 0 Å². The average molecular weight is 363 g/mol. The van der Waals surface area contributed by atoms with Gasteiger partial charge in [-0.3, -0.25) is 9.78 Å². The number of carbonyl (C=O) groups is 1. The molecule has 130 valence electrons. The van der Waals surface area contributed by atoms with Gasteiger partial charge >= 0.3 is 0 Å². The molecule has 0 unspecified atom stereocenters. The number of rotatable bonds is 6. The highest BCUT2D eigenvalue weighted by atomic mass is 32.1. The predicted octanol–water partition coefficient (Wildman–Crippen LogP) is 3.10. The number of amides is 1. The van der Waals surface area contributed by atoms with Crippen molar-refractivity contribution < 1.29 is 4.79 Å². The first kappa shape index (κ1) is 16.4. The van der Waals surface area contributed by atoms with Gasteiger partial charge in [-0.2, -0.15) is 0 Å². The van der Waals surface area contributed by atoms with Gasteiger partial charge in [0.2, 0.25) is 5.91 Å². The normalized spacial score (nSPS) is 10.9. The van der Waals surface area contributed by atoms with Crippen LogP contribution >= 0.6 is 11.3 Å². The molecule has 4 heterocycles. The molecular formula is C19H17N5OS. The number of nitrogens with zero attached hydrogens (tertiary/aromatic N) is 4. The summed E-state index contributed by atoms with van der Waals surface area (Å²) in [7, 11) is 0. The SMILES string of the molecule is O=C(CCc1csc(-c2cccnc2)n1)NCc1ncc2ccccn12. The standard InChI is InChI=1S/C19H17N5OS/c25-18(22-12-17-21-11-16-5-1-2-9-24(16)17)7-6-15-13-26-19(23-15)14-4-3-8-20-10-14/h1-5,8-11,13H,6-7,12H2,(H,22,25). The monoisotopic (exact) mass is 363 g/mol. The van der Waals surface area contributed by atoms with E-state index in [9.17, 15) is 4.79 Å². The van der Waals surface area contributed by atoms with E-state index >= 15 is 0 Å². The van der Waals surface area contributed by atoms with E-state index in [1.165, 1.54) is 0 Å². The Morgan fingerprint density at radius 2 is 2.15 bits per heavy atom. The highest BCUT2D eigenvalue weighted by Crippen LogP contribution is 2.23. The lowest BCUT2D eigenvalue weighted by molar-refractivity contribution is -0.121. The summed E-state index contributed by atoms with van der Waals surface area (Å²) in [5, 5.41) is 5.86. The smallest absolute Gasteiger partial charge is 0.220 e. The topological polar surface area (TPSA) is 72.2 Å². The molecule has 0 aliphatic carbocycles. The van der Waals surface area contributed by atoms with Crippen LogP contribution < -0.4 is 5.32 Å². The number of hydrogen-bond donors (Lipinski definition) is 1. The van der Waals surface area contributed by atoms with Crippen molar-refractivity contribution in [2.45, 2.75) is 19.4 Å². The molecule has 0 fully saturated rings. The molecule has 0 aromatic carbocycles. The van der Waals surface area contributed by atoms with Gasteiger partial charge in [0.15, 0.2) is 0 Å². The molecular weight excluding hydrogens is 346 g/mol. The maximum Gasteiger partial charge on any atom is 0.220 e. The maximum atomic E-state index is 12.1. The molecule has 0 radical (unpaired) electrons. The summed E-state index contributed by atoms with van der Waals surface area (Å²) in [6.07, 6.45) is 8.30. The van der Waals surface area contributed by atoms with Crippen LogP contribution in [0.15, 0.2) is 60.5 Å². The van der Waals surface area contributed by atoms with Gasteiger partial charge in [0.1, 0.15) is 10.8 Å². The zero-order chi connectivity index (χ0) is 17.8. The lowest BCUT2D eigenvalue weighted by Gasteiger charge is -2.04. The van der Waals surface area contributed by atoms with E-state index in [-0.39, 0.29) is 5.91 Å². The summed E-state index contributed by atoms with van der Waals surface area (Å²) < 4.78 is 1.97. The quantitative estimate of drug-likeness (QED) is 0.571. The van der Waals surface area contributed by atoms with Crippen molar-refractivity contribution in [1.82, 2.24) is 24.7 Å². The molecule has 0 saturated heterocycles. The van der Waals surface area contributed by atoms with Crippen LogP contribution in [0.3, 0.4) is 0 Å². The molecule has 6 nitrogen and oxygen atoms in total.